The fourth-order valence-electron chi connectivity index (χ4n) is 7.32. The van der Waals surface area contributed by atoms with Crippen molar-refractivity contribution in [2.45, 2.75) is 81.9 Å². The Labute approximate surface area is 328 Å². The van der Waals surface area contributed by atoms with E-state index in [1.54, 1.807) is 0 Å². The van der Waals surface area contributed by atoms with Crippen molar-refractivity contribution in [1.29, 1.82) is 0 Å². The van der Waals surface area contributed by atoms with Crippen LogP contribution in [0.1, 0.15) is 32.8 Å². The topological polar surface area (TPSA) is 54.0 Å². The molecule has 1 heterocycles. The molecule has 0 aromatic heterocycles. The molecular weight excluding hydrogens is 768 g/mol. The summed E-state index contributed by atoms with van der Waals surface area (Å²) >= 11 is -2.50. The molecule has 1 saturated heterocycles. The summed E-state index contributed by atoms with van der Waals surface area (Å²) in [6.07, 6.45) is 0.935. The van der Waals surface area contributed by atoms with Gasteiger partial charge in [-0.3, -0.25) is 0 Å². The Morgan fingerprint density at radius 1 is 0.704 bits per heavy atom. The van der Waals surface area contributed by atoms with Gasteiger partial charge in [0, 0.05) is 0 Å². The van der Waals surface area contributed by atoms with E-state index in [2.05, 4.69) is 149 Å². The standard InChI is InChI=1S/C46H54O5SeSi2/c1-46(2,3)54(41-27-17-9-18-28-41,42-29-19-10-20-30-42)49-35-44-43(48-34-37-21-11-6-12-22-37)33-38(31-32-53(4,5)40-25-15-8-16-26-40)50-45(51-44)36-52(47)39-23-13-7-14-24-39/h6-32,38,43-45H,33-36H2,1-5H3/b32-31+/t38?,43-,44+,45?,52?/m0/s1. The van der Waals surface area contributed by atoms with Crippen molar-refractivity contribution in [3.8, 4) is 0 Å². The number of hydrogen-bond donors (Lipinski definition) is 0. The molecule has 0 bridgehead atoms. The molecule has 0 saturated carbocycles. The minimum absolute atomic E-state index is 0.213. The van der Waals surface area contributed by atoms with Gasteiger partial charge in [0.05, 0.1) is 0 Å². The van der Waals surface area contributed by atoms with E-state index in [0.717, 1.165) is 10.0 Å². The van der Waals surface area contributed by atoms with Gasteiger partial charge >= 0.3 is 330 Å². The quantitative estimate of drug-likeness (QED) is 0.108. The van der Waals surface area contributed by atoms with Gasteiger partial charge in [-0.15, -0.1) is 0 Å². The normalized spacial score (nSPS) is 20.4. The molecule has 54 heavy (non-hydrogen) atoms. The second kappa shape index (κ2) is 18.4. The molecule has 3 unspecified atom stereocenters. The van der Waals surface area contributed by atoms with Gasteiger partial charge in [-0.25, -0.2) is 0 Å². The SMILES string of the molecule is CC(C)(C)[Si](OC[C@H]1OC(C[Se](=O)c2ccccc2)OC(/C=C/[Si](C)(C)c2ccccc2)C[C@@H]1OCc1ccccc1)(c1ccccc1)c1ccccc1. The average molecular weight is 822 g/mol. The Hall–Kier alpha value is -3.57. The van der Waals surface area contributed by atoms with E-state index in [9.17, 15) is 3.83 Å². The predicted octanol–water partition coefficient (Wildman–Crippen LogP) is 7.69. The summed E-state index contributed by atoms with van der Waals surface area (Å²) in [7, 11) is -4.85. The van der Waals surface area contributed by atoms with Crippen LogP contribution in [-0.4, -0.2) is 61.4 Å². The Bertz CT molecular complexity index is 1880. The number of rotatable bonds is 14. The fourth-order valence-corrected chi connectivity index (χ4v) is 16.0. The molecular formula is C46H54O5SeSi2. The zero-order chi connectivity index (χ0) is 38.0. The van der Waals surface area contributed by atoms with E-state index in [-0.39, 0.29) is 22.6 Å². The summed E-state index contributed by atoms with van der Waals surface area (Å²) in [6.45, 7) is 12.3. The maximum atomic E-state index is 13.9. The van der Waals surface area contributed by atoms with Gasteiger partial charge in [-0.2, -0.15) is 0 Å². The van der Waals surface area contributed by atoms with Gasteiger partial charge < -0.3 is 0 Å². The third-order valence-corrected chi connectivity index (χ3v) is 21.0. The summed E-state index contributed by atoms with van der Waals surface area (Å²) in [5.74, 6) is 0. The van der Waals surface area contributed by atoms with Gasteiger partial charge in [-0.05, 0) is 0 Å². The zero-order valence-corrected chi connectivity index (χ0v) is 35.9. The summed E-state index contributed by atoms with van der Waals surface area (Å²) < 4.78 is 42.9. The fraction of sp³-hybridized carbons (Fsp3) is 0.304. The Morgan fingerprint density at radius 2 is 1.20 bits per heavy atom. The molecule has 5 aromatic rings. The first-order chi connectivity index (χ1) is 26.0. The van der Waals surface area contributed by atoms with Gasteiger partial charge in [0.2, 0.25) is 0 Å². The monoisotopic (exact) mass is 822 g/mol. The molecule has 0 N–H and O–H groups in total. The van der Waals surface area contributed by atoms with Gasteiger partial charge in [-0.1, -0.05) is 0 Å². The van der Waals surface area contributed by atoms with Crippen LogP contribution in [0.25, 0.3) is 0 Å². The summed E-state index contributed by atoms with van der Waals surface area (Å²) in [5.41, 5.74) is 3.45. The molecule has 1 aliphatic heterocycles. The van der Waals surface area contributed by atoms with Crippen LogP contribution >= 0.6 is 0 Å². The predicted molar refractivity (Wildman–Crippen MR) is 227 cm³/mol. The maximum absolute atomic E-state index is 13.9. The second-order valence-electron chi connectivity index (χ2n) is 15.6. The van der Waals surface area contributed by atoms with Crippen molar-refractivity contribution < 1.29 is 22.5 Å². The molecule has 6 rings (SSSR count). The first kappa shape index (κ1) is 40.1. The van der Waals surface area contributed by atoms with Crippen LogP contribution in [0, 0.1) is 0 Å². The summed E-state index contributed by atoms with van der Waals surface area (Å²) in [5, 5.41) is 3.84. The van der Waals surface area contributed by atoms with Crippen molar-refractivity contribution in [1.82, 2.24) is 0 Å². The van der Waals surface area contributed by atoms with E-state index >= 15 is 0 Å². The molecule has 1 aliphatic rings. The van der Waals surface area contributed by atoms with Crippen molar-refractivity contribution in [2.24, 2.45) is 0 Å². The third-order valence-electron chi connectivity index (χ3n) is 10.3. The minimum atomic E-state index is -2.91. The van der Waals surface area contributed by atoms with Crippen LogP contribution in [0.4, 0.5) is 0 Å². The molecule has 0 aliphatic carbocycles. The molecule has 0 radical (unpaired) electrons. The van der Waals surface area contributed by atoms with Crippen LogP contribution in [-0.2, 0) is 29.1 Å². The number of benzene rings is 5. The molecule has 5 atom stereocenters. The van der Waals surface area contributed by atoms with E-state index in [4.69, 9.17) is 18.6 Å². The van der Waals surface area contributed by atoms with Gasteiger partial charge in [0.25, 0.3) is 0 Å². The van der Waals surface area contributed by atoms with Crippen LogP contribution in [0.15, 0.2) is 163 Å². The molecule has 8 heteroatoms. The van der Waals surface area contributed by atoms with Crippen LogP contribution in [0.2, 0.25) is 23.5 Å². The van der Waals surface area contributed by atoms with Crippen LogP contribution in [0.5, 0.6) is 0 Å². The van der Waals surface area contributed by atoms with E-state index in [1.807, 2.05) is 48.5 Å². The van der Waals surface area contributed by atoms with Crippen molar-refractivity contribution in [3.63, 3.8) is 0 Å². The van der Waals surface area contributed by atoms with E-state index in [1.165, 1.54) is 15.6 Å². The Morgan fingerprint density at radius 3 is 1.74 bits per heavy atom. The van der Waals surface area contributed by atoms with Crippen molar-refractivity contribution >= 4 is 50.2 Å². The molecule has 0 amide bonds. The number of ether oxygens (including phenoxy) is 3. The molecule has 0 spiro atoms. The third kappa shape index (κ3) is 9.99. The van der Waals surface area contributed by atoms with Crippen molar-refractivity contribution in [3.05, 3.63) is 169 Å². The second-order valence-corrected chi connectivity index (χ2v) is 27.4. The van der Waals surface area contributed by atoms with E-state index < -0.39 is 42.6 Å². The summed E-state index contributed by atoms with van der Waals surface area (Å²) in [4.78, 5) is 0. The zero-order valence-electron chi connectivity index (χ0n) is 32.2. The van der Waals surface area contributed by atoms with Crippen LogP contribution in [0.3, 0.4) is 0 Å². The van der Waals surface area contributed by atoms with Gasteiger partial charge in [0.15, 0.2) is 0 Å². The van der Waals surface area contributed by atoms with E-state index in [0.29, 0.717) is 19.6 Å². The molecule has 1 fully saturated rings. The average Bonchev–Trinajstić information content (AvgIpc) is 3.36. The van der Waals surface area contributed by atoms with Crippen LogP contribution < -0.4 is 20.0 Å². The molecule has 5 nitrogen and oxygen atoms in total. The molecule has 282 valence electrons. The molecule has 5 aromatic carbocycles. The summed E-state index contributed by atoms with van der Waals surface area (Å²) in [6, 6.07) is 52.1. The van der Waals surface area contributed by atoms with Gasteiger partial charge in [0.1, 0.15) is 0 Å². The van der Waals surface area contributed by atoms with Crippen molar-refractivity contribution in [2.75, 3.05) is 6.61 Å². The first-order valence-corrected chi connectivity index (χ1v) is 26.7. The Kier molecular flexibility index (Phi) is 13.6. The number of hydrogen-bond acceptors (Lipinski definition) is 5. The Balaban J connectivity index is 1.38. The first-order valence-electron chi connectivity index (χ1n) is 18.9.